The third kappa shape index (κ3) is 7.82. The summed E-state index contributed by atoms with van der Waals surface area (Å²) in [7, 11) is 1.72. The molecule has 0 bridgehead atoms. The predicted octanol–water partition coefficient (Wildman–Crippen LogP) is 2.08. The van der Waals surface area contributed by atoms with Crippen LogP contribution in [0.15, 0.2) is 0 Å². The van der Waals surface area contributed by atoms with Crippen LogP contribution in [0.1, 0.15) is 27.7 Å². The van der Waals surface area contributed by atoms with Crippen LogP contribution in [0.3, 0.4) is 0 Å². The van der Waals surface area contributed by atoms with E-state index in [0.29, 0.717) is 5.92 Å². The van der Waals surface area contributed by atoms with Crippen molar-refractivity contribution in [3.05, 3.63) is 0 Å². The van der Waals surface area contributed by atoms with Crippen LogP contribution in [0.2, 0.25) is 0 Å². The minimum atomic E-state index is -0.0258. The Bertz CT molecular complexity index is 94.2. The normalized spacial score (nSPS) is 15.0. The molecule has 0 radical (unpaired) electrons. The molecule has 2 heteroatoms. The molecule has 0 saturated heterocycles. The van der Waals surface area contributed by atoms with Crippen LogP contribution in [0.4, 0.5) is 0 Å². The maximum Gasteiger partial charge on any atom is 0.0598 e. The van der Waals surface area contributed by atoms with Gasteiger partial charge in [-0.05, 0) is 20.8 Å². The number of hydrogen-bond acceptors (Lipinski definition) is 2. The van der Waals surface area contributed by atoms with Crippen molar-refractivity contribution >= 4 is 0 Å². The van der Waals surface area contributed by atoms with Crippen molar-refractivity contribution in [3.8, 4) is 0 Å². The number of hydrogen-bond donors (Lipinski definition) is 0. The molecule has 0 aliphatic heterocycles. The topological polar surface area (TPSA) is 18.5 Å². The summed E-state index contributed by atoms with van der Waals surface area (Å²) in [5.74, 6) is 0.485. The van der Waals surface area contributed by atoms with E-state index < -0.39 is 0 Å². The van der Waals surface area contributed by atoms with E-state index in [9.17, 15) is 0 Å². The fourth-order valence-corrected chi connectivity index (χ4v) is 0.725. The maximum atomic E-state index is 5.56. The molecule has 0 aromatic rings. The van der Waals surface area contributed by atoms with Gasteiger partial charge in [-0.15, -0.1) is 0 Å². The molecule has 0 heterocycles. The zero-order valence-corrected chi connectivity index (χ0v) is 8.31. The largest absolute Gasteiger partial charge is 0.384 e. The highest BCUT2D eigenvalue weighted by molar-refractivity contribution is 4.60. The van der Waals surface area contributed by atoms with E-state index in [2.05, 4.69) is 27.7 Å². The van der Waals surface area contributed by atoms with Crippen molar-refractivity contribution in [2.24, 2.45) is 5.92 Å². The zero-order valence-electron chi connectivity index (χ0n) is 8.31. The SMILES string of the molecule is COC[C@H](C)COC(C)(C)C. The molecule has 0 saturated carbocycles. The third-order valence-electron chi connectivity index (χ3n) is 1.25. The highest BCUT2D eigenvalue weighted by Gasteiger charge is 2.11. The van der Waals surface area contributed by atoms with Crippen LogP contribution in [-0.2, 0) is 9.47 Å². The lowest BCUT2D eigenvalue weighted by Crippen LogP contribution is -2.24. The summed E-state index contributed by atoms with van der Waals surface area (Å²) < 4.78 is 10.6. The maximum absolute atomic E-state index is 5.56. The Morgan fingerprint density at radius 3 is 2.09 bits per heavy atom. The fourth-order valence-electron chi connectivity index (χ4n) is 0.725. The number of ether oxygens (including phenoxy) is 2. The minimum absolute atomic E-state index is 0.0258. The Morgan fingerprint density at radius 1 is 1.18 bits per heavy atom. The summed E-state index contributed by atoms with van der Waals surface area (Å²) in [5.41, 5.74) is -0.0258. The highest BCUT2D eigenvalue weighted by Crippen LogP contribution is 2.09. The van der Waals surface area contributed by atoms with Gasteiger partial charge in [0.1, 0.15) is 0 Å². The number of rotatable bonds is 4. The first kappa shape index (κ1) is 10.9. The van der Waals surface area contributed by atoms with E-state index in [0.717, 1.165) is 13.2 Å². The molecular formula is C9H20O2. The first-order valence-corrected chi connectivity index (χ1v) is 4.08. The Morgan fingerprint density at radius 2 is 1.73 bits per heavy atom. The van der Waals surface area contributed by atoms with E-state index in [4.69, 9.17) is 9.47 Å². The van der Waals surface area contributed by atoms with Gasteiger partial charge in [0.15, 0.2) is 0 Å². The molecule has 0 aromatic carbocycles. The molecule has 0 amide bonds. The van der Waals surface area contributed by atoms with Gasteiger partial charge in [0.2, 0.25) is 0 Å². The van der Waals surface area contributed by atoms with Crippen LogP contribution in [0, 0.1) is 5.92 Å². The average Bonchev–Trinajstić information content (AvgIpc) is 1.83. The van der Waals surface area contributed by atoms with Gasteiger partial charge in [0, 0.05) is 13.0 Å². The highest BCUT2D eigenvalue weighted by atomic mass is 16.5. The van der Waals surface area contributed by atoms with Gasteiger partial charge in [-0.1, -0.05) is 6.92 Å². The lowest BCUT2D eigenvalue weighted by atomic mass is 10.1. The van der Waals surface area contributed by atoms with Crippen LogP contribution in [0.5, 0.6) is 0 Å². The van der Waals surface area contributed by atoms with Crippen molar-refractivity contribution in [2.75, 3.05) is 20.3 Å². The molecule has 1 atom stereocenters. The first-order valence-electron chi connectivity index (χ1n) is 4.08. The summed E-state index contributed by atoms with van der Waals surface area (Å²) in [5, 5.41) is 0. The second-order valence-electron chi connectivity index (χ2n) is 3.98. The monoisotopic (exact) mass is 160 g/mol. The van der Waals surface area contributed by atoms with E-state index in [1.54, 1.807) is 7.11 Å². The molecule has 0 rings (SSSR count). The molecule has 68 valence electrons. The summed E-state index contributed by atoms with van der Waals surface area (Å²) in [6, 6.07) is 0. The first-order chi connectivity index (χ1) is 4.95. The minimum Gasteiger partial charge on any atom is -0.384 e. The molecule has 0 aliphatic carbocycles. The standard InChI is InChI=1S/C9H20O2/c1-8(6-10-5)7-11-9(2,3)4/h8H,6-7H2,1-5H3/t8-/m0/s1. The molecule has 0 aliphatic rings. The Labute approximate surface area is 69.9 Å². The zero-order chi connectivity index (χ0) is 8.91. The smallest absolute Gasteiger partial charge is 0.0598 e. The van der Waals surface area contributed by atoms with E-state index in [-0.39, 0.29) is 5.60 Å². The third-order valence-corrected chi connectivity index (χ3v) is 1.25. The van der Waals surface area contributed by atoms with Crippen molar-refractivity contribution in [1.82, 2.24) is 0 Å². The molecule has 11 heavy (non-hydrogen) atoms. The second-order valence-corrected chi connectivity index (χ2v) is 3.98. The van der Waals surface area contributed by atoms with Crippen molar-refractivity contribution in [1.29, 1.82) is 0 Å². The average molecular weight is 160 g/mol. The molecule has 0 unspecified atom stereocenters. The quantitative estimate of drug-likeness (QED) is 0.627. The van der Waals surface area contributed by atoms with Crippen molar-refractivity contribution < 1.29 is 9.47 Å². The summed E-state index contributed by atoms with van der Waals surface area (Å²) in [6.07, 6.45) is 0. The van der Waals surface area contributed by atoms with Crippen LogP contribution < -0.4 is 0 Å². The molecule has 0 aromatic heterocycles. The lowest BCUT2D eigenvalue weighted by Gasteiger charge is -2.22. The molecule has 2 nitrogen and oxygen atoms in total. The molecular weight excluding hydrogens is 140 g/mol. The van der Waals surface area contributed by atoms with Crippen molar-refractivity contribution in [2.45, 2.75) is 33.3 Å². The fraction of sp³-hybridized carbons (Fsp3) is 1.00. The van der Waals surface area contributed by atoms with Crippen LogP contribution >= 0.6 is 0 Å². The summed E-state index contributed by atoms with van der Waals surface area (Å²) in [4.78, 5) is 0. The molecule has 0 fully saturated rings. The van der Waals surface area contributed by atoms with Crippen molar-refractivity contribution in [3.63, 3.8) is 0 Å². The van der Waals surface area contributed by atoms with Gasteiger partial charge >= 0.3 is 0 Å². The van der Waals surface area contributed by atoms with Gasteiger partial charge in [-0.25, -0.2) is 0 Å². The Balaban J connectivity index is 3.38. The van der Waals surface area contributed by atoms with E-state index >= 15 is 0 Å². The van der Waals surface area contributed by atoms with Gasteiger partial charge in [-0.2, -0.15) is 0 Å². The summed E-state index contributed by atoms with van der Waals surface area (Å²) >= 11 is 0. The summed E-state index contributed by atoms with van der Waals surface area (Å²) in [6.45, 7) is 9.86. The number of methoxy groups -OCH3 is 1. The van der Waals surface area contributed by atoms with Gasteiger partial charge in [-0.3, -0.25) is 0 Å². The predicted molar refractivity (Wildman–Crippen MR) is 46.7 cm³/mol. The molecule has 0 N–H and O–H groups in total. The van der Waals surface area contributed by atoms with E-state index in [1.165, 1.54) is 0 Å². The molecule has 0 spiro atoms. The Kier molecular flexibility index (Phi) is 4.69. The Hall–Kier alpha value is -0.0800. The van der Waals surface area contributed by atoms with Gasteiger partial charge in [0.25, 0.3) is 0 Å². The van der Waals surface area contributed by atoms with Crippen LogP contribution in [0.25, 0.3) is 0 Å². The van der Waals surface area contributed by atoms with Gasteiger partial charge in [0.05, 0.1) is 18.8 Å². The second kappa shape index (κ2) is 4.73. The van der Waals surface area contributed by atoms with Crippen LogP contribution in [-0.4, -0.2) is 25.9 Å². The van der Waals surface area contributed by atoms with Gasteiger partial charge < -0.3 is 9.47 Å². The van der Waals surface area contributed by atoms with E-state index in [1.807, 2.05) is 0 Å². The lowest BCUT2D eigenvalue weighted by molar-refractivity contribution is -0.0310.